The van der Waals surface area contributed by atoms with Crippen LogP contribution >= 0.6 is 0 Å². The van der Waals surface area contributed by atoms with Gasteiger partial charge in [0.15, 0.2) is 5.79 Å². The third kappa shape index (κ3) is 5.66. The average molecular weight is 328 g/mol. The van der Waals surface area contributed by atoms with Crippen molar-refractivity contribution in [2.75, 3.05) is 19.8 Å². The molecule has 1 unspecified atom stereocenters. The summed E-state index contributed by atoms with van der Waals surface area (Å²) in [6.45, 7) is 5.77. The third-order valence-electron chi connectivity index (χ3n) is 4.64. The van der Waals surface area contributed by atoms with Gasteiger partial charge in [-0.1, -0.05) is 6.92 Å². The topological polar surface area (TPSA) is 96.9 Å². The second-order valence-electron chi connectivity index (χ2n) is 6.88. The van der Waals surface area contributed by atoms with Crippen molar-refractivity contribution in [3.63, 3.8) is 0 Å². The van der Waals surface area contributed by atoms with Crippen LogP contribution < -0.4 is 10.6 Å². The predicted molar refractivity (Wildman–Crippen MR) is 84.0 cm³/mol. The highest BCUT2D eigenvalue weighted by Gasteiger charge is 2.32. The Labute approximate surface area is 137 Å². The Morgan fingerprint density at radius 1 is 1.22 bits per heavy atom. The fourth-order valence-electron chi connectivity index (χ4n) is 3.37. The van der Waals surface area contributed by atoms with Gasteiger partial charge in [-0.15, -0.1) is 0 Å². The summed E-state index contributed by atoms with van der Waals surface area (Å²) >= 11 is 0. The Morgan fingerprint density at radius 2 is 1.83 bits per heavy atom. The Balaban J connectivity index is 1.62. The number of nitrogens with one attached hydrogen (secondary N) is 2. The van der Waals surface area contributed by atoms with Crippen LogP contribution in [0.15, 0.2) is 0 Å². The molecule has 1 aliphatic carbocycles. The smallest absolute Gasteiger partial charge is 0.315 e. The summed E-state index contributed by atoms with van der Waals surface area (Å²) in [5.41, 5.74) is 0. The maximum Gasteiger partial charge on any atom is 0.315 e. The van der Waals surface area contributed by atoms with Gasteiger partial charge in [-0.2, -0.15) is 0 Å². The number of urea groups is 1. The molecule has 0 radical (unpaired) electrons. The maximum absolute atomic E-state index is 11.9. The van der Waals surface area contributed by atoms with Crippen LogP contribution in [0.25, 0.3) is 0 Å². The van der Waals surface area contributed by atoms with Gasteiger partial charge < -0.3 is 25.2 Å². The minimum atomic E-state index is -0.730. The lowest BCUT2D eigenvalue weighted by Gasteiger charge is -2.28. The SMILES string of the molecule is CC(CNC(=O)NC1CCC(C(=O)O)CC1)CC1(C)OCCO1. The number of ether oxygens (including phenoxy) is 2. The molecule has 1 saturated heterocycles. The van der Waals surface area contributed by atoms with E-state index >= 15 is 0 Å². The van der Waals surface area contributed by atoms with Crippen LogP contribution in [0.4, 0.5) is 4.79 Å². The molecule has 0 aromatic heterocycles. The van der Waals surface area contributed by atoms with Gasteiger partial charge in [-0.3, -0.25) is 4.79 Å². The van der Waals surface area contributed by atoms with E-state index < -0.39 is 11.8 Å². The molecule has 0 bridgehead atoms. The molecule has 2 aliphatic rings. The van der Waals surface area contributed by atoms with E-state index in [-0.39, 0.29) is 23.9 Å². The molecule has 1 aliphatic heterocycles. The van der Waals surface area contributed by atoms with E-state index in [1.807, 2.05) is 6.92 Å². The van der Waals surface area contributed by atoms with E-state index in [0.29, 0.717) is 32.6 Å². The standard InChI is InChI=1S/C16H28N2O5/c1-11(9-16(2)22-7-8-23-16)10-17-15(21)18-13-5-3-12(4-6-13)14(19)20/h11-13H,3-10H2,1-2H3,(H,19,20)(H2,17,18,21). The van der Waals surface area contributed by atoms with E-state index in [4.69, 9.17) is 14.6 Å². The van der Waals surface area contributed by atoms with Crippen molar-refractivity contribution in [3.05, 3.63) is 0 Å². The number of rotatable bonds is 6. The molecule has 2 amide bonds. The number of amides is 2. The number of hydrogen-bond donors (Lipinski definition) is 3. The fourth-order valence-corrected chi connectivity index (χ4v) is 3.37. The molecule has 1 saturated carbocycles. The van der Waals surface area contributed by atoms with Crippen molar-refractivity contribution in [3.8, 4) is 0 Å². The summed E-state index contributed by atoms with van der Waals surface area (Å²) in [6, 6.07) is -0.117. The van der Waals surface area contributed by atoms with Crippen molar-refractivity contribution in [2.45, 2.75) is 57.8 Å². The van der Waals surface area contributed by atoms with Gasteiger partial charge in [0.1, 0.15) is 0 Å². The second kappa shape index (κ2) is 7.97. The van der Waals surface area contributed by atoms with E-state index in [1.54, 1.807) is 0 Å². The van der Waals surface area contributed by atoms with E-state index in [0.717, 1.165) is 19.3 Å². The highest BCUT2D eigenvalue weighted by atomic mass is 16.7. The summed E-state index contributed by atoms with van der Waals surface area (Å²) < 4.78 is 11.1. The third-order valence-corrected chi connectivity index (χ3v) is 4.64. The average Bonchev–Trinajstić information content (AvgIpc) is 2.92. The van der Waals surface area contributed by atoms with Crippen LogP contribution in [0.3, 0.4) is 0 Å². The quantitative estimate of drug-likeness (QED) is 0.690. The highest BCUT2D eigenvalue weighted by molar-refractivity contribution is 5.74. The van der Waals surface area contributed by atoms with Crippen molar-refractivity contribution < 1.29 is 24.2 Å². The van der Waals surface area contributed by atoms with Crippen LogP contribution in [0.2, 0.25) is 0 Å². The molecular weight excluding hydrogens is 300 g/mol. The number of carbonyl (C=O) groups is 2. The van der Waals surface area contributed by atoms with Crippen LogP contribution in [0.1, 0.15) is 46.0 Å². The van der Waals surface area contributed by atoms with Crippen molar-refractivity contribution in [2.24, 2.45) is 11.8 Å². The zero-order valence-corrected chi connectivity index (χ0v) is 14.0. The first-order chi connectivity index (χ1) is 10.9. The highest BCUT2D eigenvalue weighted by Crippen LogP contribution is 2.26. The lowest BCUT2D eigenvalue weighted by molar-refractivity contribution is -0.153. The molecule has 1 heterocycles. The molecule has 7 heteroatoms. The zero-order chi connectivity index (χ0) is 16.9. The number of carboxylic acid groups (broad SMARTS) is 1. The molecule has 0 spiro atoms. The van der Waals surface area contributed by atoms with Crippen LogP contribution in [0, 0.1) is 11.8 Å². The van der Waals surface area contributed by atoms with Crippen molar-refractivity contribution in [1.82, 2.24) is 10.6 Å². The van der Waals surface area contributed by atoms with Gasteiger partial charge >= 0.3 is 12.0 Å². The summed E-state index contributed by atoms with van der Waals surface area (Å²) in [4.78, 5) is 22.9. The first-order valence-corrected chi connectivity index (χ1v) is 8.43. The molecule has 0 aromatic carbocycles. The molecule has 23 heavy (non-hydrogen) atoms. The number of carboxylic acids is 1. The Hall–Kier alpha value is -1.34. The van der Waals surface area contributed by atoms with Gasteiger partial charge in [0.25, 0.3) is 0 Å². The van der Waals surface area contributed by atoms with Gasteiger partial charge in [0.05, 0.1) is 19.1 Å². The molecule has 7 nitrogen and oxygen atoms in total. The first-order valence-electron chi connectivity index (χ1n) is 8.43. The largest absolute Gasteiger partial charge is 0.481 e. The fraction of sp³-hybridized carbons (Fsp3) is 0.875. The Kier molecular flexibility index (Phi) is 6.24. The number of carbonyl (C=O) groups excluding carboxylic acids is 1. The maximum atomic E-state index is 11.9. The molecule has 2 fully saturated rings. The van der Waals surface area contributed by atoms with Crippen LogP contribution in [-0.2, 0) is 14.3 Å². The molecule has 0 aromatic rings. The van der Waals surface area contributed by atoms with Crippen molar-refractivity contribution >= 4 is 12.0 Å². The normalized spacial score (nSPS) is 28.1. The van der Waals surface area contributed by atoms with Crippen molar-refractivity contribution in [1.29, 1.82) is 0 Å². The summed E-state index contributed by atoms with van der Waals surface area (Å²) in [5.74, 6) is -1.28. The minimum Gasteiger partial charge on any atom is -0.481 e. The summed E-state index contributed by atoms with van der Waals surface area (Å²) in [6.07, 6.45) is 3.43. The van der Waals surface area contributed by atoms with E-state index in [9.17, 15) is 9.59 Å². The number of hydrogen-bond acceptors (Lipinski definition) is 4. The van der Waals surface area contributed by atoms with Gasteiger partial charge in [0.2, 0.25) is 0 Å². The van der Waals surface area contributed by atoms with Gasteiger partial charge in [0, 0.05) is 19.0 Å². The molecule has 132 valence electrons. The van der Waals surface area contributed by atoms with Crippen LogP contribution in [-0.4, -0.2) is 48.7 Å². The summed E-state index contributed by atoms with van der Waals surface area (Å²) in [7, 11) is 0. The molecule has 1 atom stereocenters. The predicted octanol–water partition coefficient (Wildman–Crippen LogP) is 1.72. The Morgan fingerprint density at radius 3 is 2.39 bits per heavy atom. The monoisotopic (exact) mass is 328 g/mol. The lowest BCUT2D eigenvalue weighted by atomic mass is 9.86. The lowest BCUT2D eigenvalue weighted by Crippen LogP contribution is -2.45. The van der Waals surface area contributed by atoms with E-state index in [1.165, 1.54) is 0 Å². The second-order valence-corrected chi connectivity index (χ2v) is 6.88. The first kappa shape index (κ1) is 18.0. The zero-order valence-electron chi connectivity index (χ0n) is 14.0. The molecular formula is C16H28N2O5. The minimum absolute atomic E-state index is 0.0694. The van der Waals surface area contributed by atoms with Crippen LogP contribution in [0.5, 0.6) is 0 Å². The Bertz CT molecular complexity index is 415. The van der Waals surface area contributed by atoms with Gasteiger partial charge in [-0.05, 0) is 38.5 Å². The molecule has 3 N–H and O–H groups in total. The number of aliphatic carboxylic acids is 1. The van der Waals surface area contributed by atoms with E-state index in [2.05, 4.69) is 17.6 Å². The summed E-state index contributed by atoms with van der Waals surface area (Å²) in [5, 5.41) is 14.8. The molecule has 2 rings (SSSR count). The van der Waals surface area contributed by atoms with Gasteiger partial charge in [-0.25, -0.2) is 4.79 Å².